The quantitative estimate of drug-likeness (QED) is 0.646. The van der Waals surface area contributed by atoms with E-state index < -0.39 is 11.6 Å². The van der Waals surface area contributed by atoms with Gasteiger partial charge in [0.05, 0.1) is 4.47 Å². The molecule has 0 saturated heterocycles. The summed E-state index contributed by atoms with van der Waals surface area (Å²) in [6.07, 6.45) is 0. The third-order valence-electron chi connectivity index (χ3n) is 3.60. The lowest BCUT2D eigenvalue weighted by atomic mass is 10.1. The molecule has 0 spiro atoms. The van der Waals surface area contributed by atoms with Crippen LogP contribution in [0.25, 0.3) is 0 Å². The van der Waals surface area contributed by atoms with Crippen LogP contribution in [0.5, 0.6) is 0 Å². The number of halogens is 3. The highest BCUT2D eigenvalue weighted by atomic mass is 79.9. The van der Waals surface area contributed by atoms with Gasteiger partial charge in [0.15, 0.2) is 0 Å². The van der Waals surface area contributed by atoms with Crippen molar-refractivity contribution in [2.24, 2.45) is 0 Å². The normalized spacial score (nSPS) is 12.7. The lowest BCUT2D eigenvalue weighted by Crippen LogP contribution is -2.23. The predicted octanol–water partition coefficient (Wildman–Crippen LogP) is 4.50. The second-order valence-electron chi connectivity index (χ2n) is 5.08. The van der Waals surface area contributed by atoms with E-state index in [1.807, 2.05) is 43.1 Å². The number of nitrogens with zero attached hydrogens (tertiary/aromatic N) is 1. The minimum absolute atomic E-state index is 0.00807. The summed E-state index contributed by atoms with van der Waals surface area (Å²) in [6, 6.07) is 10.1. The Morgan fingerprint density at radius 2 is 1.95 bits per heavy atom. The monoisotopic (exact) mass is 354 g/mol. The summed E-state index contributed by atoms with van der Waals surface area (Å²) in [4.78, 5) is 1.88. The van der Waals surface area contributed by atoms with Crippen LogP contribution in [0, 0.1) is 11.6 Å². The Balaban J connectivity index is 2.22. The molecular formula is C16H17BrF2N2. The molecule has 2 aromatic rings. The molecule has 5 heteroatoms. The highest BCUT2D eigenvalue weighted by Crippen LogP contribution is 2.26. The SMILES string of the molecule is CC(c1cccc(N)c1)N(C)Cc1c(F)ccc(Br)c1F. The molecule has 0 bridgehead atoms. The van der Waals surface area contributed by atoms with Crippen LogP contribution in [0.15, 0.2) is 40.9 Å². The molecule has 0 saturated carbocycles. The molecule has 0 fully saturated rings. The number of anilines is 1. The first-order chi connectivity index (χ1) is 9.90. The molecule has 1 unspecified atom stereocenters. The van der Waals surface area contributed by atoms with E-state index in [9.17, 15) is 8.78 Å². The first-order valence-corrected chi connectivity index (χ1v) is 7.37. The van der Waals surface area contributed by atoms with Crippen LogP contribution in [0.1, 0.15) is 24.1 Å². The van der Waals surface area contributed by atoms with Crippen molar-refractivity contribution >= 4 is 21.6 Å². The number of nitrogens with two attached hydrogens (primary N) is 1. The van der Waals surface area contributed by atoms with E-state index in [1.54, 1.807) is 0 Å². The minimum Gasteiger partial charge on any atom is -0.399 e. The van der Waals surface area contributed by atoms with Crippen LogP contribution >= 0.6 is 15.9 Å². The molecule has 112 valence electrons. The summed E-state index contributed by atoms with van der Waals surface area (Å²) < 4.78 is 28.1. The van der Waals surface area contributed by atoms with Gasteiger partial charge >= 0.3 is 0 Å². The van der Waals surface area contributed by atoms with Gasteiger partial charge in [-0.25, -0.2) is 8.78 Å². The van der Waals surface area contributed by atoms with E-state index in [0.29, 0.717) is 5.69 Å². The third-order valence-corrected chi connectivity index (χ3v) is 4.21. The number of rotatable bonds is 4. The van der Waals surface area contributed by atoms with E-state index in [-0.39, 0.29) is 22.6 Å². The first kappa shape index (κ1) is 15.9. The van der Waals surface area contributed by atoms with Gasteiger partial charge in [0, 0.05) is 23.8 Å². The van der Waals surface area contributed by atoms with Crippen LogP contribution in [-0.4, -0.2) is 11.9 Å². The number of benzene rings is 2. The zero-order valence-electron chi connectivity index (χ0n) is 11.9. The minimum atomic E-state index is -0.554. The van der Waals surface area contributed by atoms with Crippen LogP contribution in [0.2, 0.25) is 0 Å². The summed E-state index contributed by atoms with van der Waals surface area (Å²) >= 11 is 3.08. The zero-order chi connectivity index (χ0) is 15.6. The molecule has 0 aliphatic carbocycles. The van der Waals surface area contributed by atoms with Crippen molar-refractivity contribution in [2.45, 2.75) is 19.5 Å². The highest BCUT2D eigenvalue weighted by molar-refractivity contribution is 9.10. The second-order valence-corrected chi connectivity index (χ2v) is 5.94. The van der Waals surface area contributed by atoms with Crippen molar-refractivity contribution in [1.82, 2.24) is 4.90 Å². The van der Waals surface area contributed by atoms with Crippen molar-refractivity contribution < 1.29 is 8.78 Å². The summed E-state index contributed by atoms with van der Waals surface area (Å²) in [6.45, 7) is 2.15. The van der Waals surface area contributed by atoms with Crippen molar-refractivity contribution in [3.05, 3.63) is 63.6 Å². The largest absolute Gasteiger partial charge is 0.399 e. The lowest BCUT2D eigenvalue weighted by Gasteiger charge is -2.26. The van der Waals surface area contributed by atoms with Gasteiger partial charge < -0.3 is 5.73 Å². The van der Waals surface area contributed by atoms with Gasteiger partial charge in [-0.05, 0) is 59.7 Å². The van der Waals surface area contributed by atoms with Crippen molar-refractivity contribution in [3.63, 3.8) is 0 Å². The van der Waals surface area contributed by atoms with E-state index in [2.05, 4.69) is 15.9 Å². The first-order valence-electron chi connectivity index (χ1n) is 6.58. The summed E-state index contributed by atoms with van der Waals surface area (Å²) in [5.41, 5.74) is 7.51. The van der Waals surface area contributed by atoms with Crippen LogP contribution < -0.4 is 5.73 Å². The average Bonchev–Trinajstić information content (AvgIpc) is 2.46. The molecule has 0 aromatic heterocycles. The Hall–Kier alpha value is -1.46. The Labute approximate surface area is 131 Å². The van der Waals surface area contributed by atoms with Crippen LogP contribution in [0.3, 0.4) is 0 Å². The fourth-order valence-corrected chi connectivity index (χ4v) is 2.55. The van der Waals surface area contributed by atoms with Gasteiger partial charge in [-0.3, -0.25) is 4.90 Å². The molecule has 1 atom stereocenters. The summed E-state index contributed by atoms with van der Waals surface area (Å²) in [5.74, 6) is -1.09. The van der Waals surface area contributed by atoms with Gasteiger partial charge in [0.1, 0.15) is 11.6 Å². The zero-order valence-corrected chi connectivity index (χ0v) is 13.5. The number of hydrogen-bond acceptors (Lipinski definition) is 2. The topological polar surface area (TPSA) is 29.3 Å². The van der Waals surface area contributed by atoms with Gasteiger partial charge in [-0.15, -0.1) is 0 Å². The van der Waals surface area contributed by atoms with Gasteiger partial charge in [0.2, 0.25) is 0 Å². The summed E-state index contributed by atoms with van der Waals surface area (Å²) in [7, 11) is 1.83. The second kappa shape index (κ2) is 6.54. The average molecular weight is 355 g/mol. The van der Waals surface area contributed by atoms with Gasteiger partial charge in [-0.1, -0.05) is 12.1 Å². The predicted molar refractivity (Wildman–Crippen MR) is 84.8 cm³/mol. The highest BCUT2D eigenvalue weighted by Gasteiger charge is 2.18. The number of hydrogen-bond donors (Lipinski definition) is 1. The van der Waals surface area contributed by atoms with Gasteiger partial charge in [-0.2, -0.15) is 0 Å². The maximum absolute atomic E-state index is 14.0. The Kier molecular flexibility index (Phi) is 4.96. The molecule has 0 radical (unpaired) electrons. The fraction of sp³-hybridized carbons (Fsp3) is 0.250. The third kappa shape index (κ3) is 3.60. The molecule has 0 amide bonds. The Bertz CT molecular complexity index is 646. The molecule has 21 heavy (non-hydrogen) atoms. The van der Waals surface area contributed by atoms with Crippen molar-refractivity contribution in [1.29, 1.82) is 0 Å². The maximum atomic E-state index is 14.0. The Morgan fingerprint density at radius 1 is 1.24 bits per heavy atom. The fourth-order valence-electron chi connectivity index (χ4n) is 2.17. The standard InChI is InChI=1S/C16H17BrF2N2/c1-10(11-4-3-5-12(20)8-11)21(2)9-13-15(18)7-6-14(17)16(13)19/h3-8,10H,9,20H2,1-2H3. The Morgan fingerprint density at radius 3 is 2.62 bits per heavy atom. The molecular weight excluding hydrogens is 338 g/mol. The molecule has 0 aliphatic rings. The maximum Gasteiger partial charge on any atom is 0.144 e. The number of nitrogen functional groups attached to an aromatic ring is 1. The lowest BCUT2D eigenvalue weighted by molar-refractivity contribution is 0.245. The summed E-state index contributed by atoms with van der Waals surface area (Å²) in [5, 5.41) is 0. The molecule has 0 aliphatic heterocycles. The van der Waals surface area contributed by atoms with E-state index in [1.165, 1.54) is 12.1 Å². The van der Waals surface area contributed by atoms with Crippen LogP contribution in [-0.2, 0) is 6.54 Å². The van der Waals surface area contributed by atoms with Gasteiger partial charge in [0.25, 0.3) is 0 Å². The van der Waals surface area contributed by atoms with E-state index >= 15 is 0 Å². The van der Waals surface area contributed by atoms with Crippen molar-refractivity contribution in [3.8, 4) is 0 Å². The molecule has 2 nitrogen and oxygen atoms in total. The molecule has 2 rings (SSSR count). The molecule has 2 N–H and O–H groups in total. The van der Waals surface area contributed by atoms with Crippen LogP contribution in [0.4, 0.5) is 14.5 Å². The smallest absolute Gasteiger partial charge is 0.144 e. The van der Waals surface area contributed by atoms with E-state index in [0.717, 1.165) is 5.56 Å². The molecule has 2 aromatic carbocycles. The van der Waals surface area contributed by atoms with Crippen molar-refractivity contribution in [2.75, 3.05) is 12.8 Å². The molecule has 0 heterocycles. The van der Waals surface area contributed by atoms with E-state index in [4.69, 9.17) is 5.73 Å².